The molecule has 0 spiro atoms. The highest BCUT2D eigenvalue weighted by molar-refractivity contribution is 4.89. The van der Waals surface area contributed by atoms with Gasteiger partial charge >= 0.3 is 0 Å². The topological polar surface area (TPSA) is 24.5 Å². The summed E-state index contributed by atoms with van der Waals surface area (Å²) < 4.78 is 5.13. The first kappa shape index (κ1) is 16.3. The average molecular weight is 282 g/mol. The lowest BCUT2D eigenvalue weighted by molar-refractivity contribution is 0.0365. The van der Waals surface area contributed by atoms with Gasteiger partial charge in [0, 0.05) is 32.3 Å². The molecule has 1 aliphatic heterocycles. The number of likely N-dealkylation sites (tertiary alicyclic amines) is 1. The number of nitrogens with one attached hydrogen (secondary N) is 1. The maximum Gasteiger partial charge on any atom is 0.0587 e. The Morgan fingerprint density at radius 2 is 1.90 bits per heavy atom. The van der Waals surface area contributed by atoms with E-state index in [0.717, 1.165) is 37.7 Å². The maximum atomic E-state index is 5.13. The van der Waals surface area contributed by atoms with Crippen molar-refractivity contribution >= 4 is 0 Å². The van der Waals surface area contributed by atoms with Gasteiger partial charge in [-0.25, -0.2) is 0 Å². The van der Waals surface area contributed by atoms with Gasteiger partial charge in [-0.1, -0.05) is 32.6 Å². The summed E-state index contributed by atoms with van der Waals surface area (Å²) in [5.74, 6) is 0.948. The number of hydrogen-bond acceptors (Lipinski definition) is 3. The van der Waals surface area contributed by atoms with Crippen LogP contribution in [0.1, 0.15) is 58.3 Å². The molecule has 0 aromatic carbocycles. The highest BCUT2D eigenvalue weighted by Crippen LogP contribution is 2.34. The quantitative estimate of drug-likeness (QED) is 0.726. The van der Waals surface area contributed by atoms with E-state index in [4.69, 9.17) is 4.74 Å². The second kappa shape index (κ2) is 9.01. The van der Waals surface area contributed by atoms with Crippen LogP contribution in [-0.4, -0.2) is 50.3 Å². The van der Waals surface area contributed by atoms with Crippen molar-refractivity contribution in [2.75, 3.05) is 33.4 Å². The van der Waals surface area contributed by atoms with E-state index in [2.05, 4.69) is 17.1 Å². The fraction of sp³-hybridized carbons (Fsp3) is 1.00. The first-order valence-corrected chi connectivity index (χ1v) is 8.82. The van der Waals surface area contributed by atoms with E-state index in [1.165, 1.54) is 57.9 Å². The van der Waals surface area contributed by atoms with Crippen LogP contribution in [0.25, 0.3) is 0 Å². The monoisotopic (exact) mass is 282 g/mol. The molecule has 0 bridgehead atoms. The van der Waals surface area contributed by atoms with Gasteiger partial charge in [0.25, 0.3) is 0 Å². The number of methoxy groups -OCH3 is 1. The number of ether oxygens (including phenoxy) is 1. The molecule has 2 fully saturated rings. The van der Waals surface area contributed by atoms with Crippen LogP contribution in [-0.2, 0) is 4.74 Å². The van der Waals surface area contributed by atoms with Gasteiger partial charge in [-0.05, 0) is 38.1 Å². The smallest absolute Gasteiger partial charge is 0.0587 e. The molecule has 0 amide bonds. The summed E-state index contributed by atoms with van der Waals surface area (Å²) in [6.45, 7) is 6.68. The van der Waals surface area contributed by atoms with Crippen molar-refractivity contribution in [3.8, 4) is 0 Å². The van der Waals surface area contributed by atoms with Crippen LogP contribution >= 0.6 is 0 Å². The summed E-state index contributed by atoms with van der Waals surface area (Å²) in [7, 11) is 1.78. The molecule has 3 atom stereocenters. The third kappa shape index (κ3) is 4.44. The van der Waals surface area contributed by atoms with Crippen molar-refractivity contribution in [1.82, 2.24) is 10.2 Å². The zero-order valence-corrected chi connectivity index (χ0v) is 13.6. The second-order valence-corrected chi connectivity index (χ2v) is 6.60. The van der Waals surface area contributed by atoms with E-state index in [9.17, 15) is 0 Å². The lowest BCUT2D eigenvalue weighted by atomic mass is 9.80. The number of rotatable bonds is 7. The molecule has 1 aliphatic carbocycles. The molecule has 3 heteroatoms. The first-order chi connectivity index (χ1) is 9.86. The van der Waals surface area contributed by atoms with Crippen LogP contribution in [0.5, 0.6) is 0 Å². The minimum Gasteiger partial charge on any atom is -0.383 e. The summed E-state index contributed by atoms with van der Waals surface area (Å²) in [6.07, 6.45) is 11.4. The van der Waals surface area contributed by atoms with Crippen LogP contribution in [0.15, 0.2) is 0 Å². The Kier molecular flexibility index (Phi) is 7.32. The lowest BCUT2D eigenvalue weighted by Gasteiger charge is -2.46. The lowest BCUT2D eigenvalue weighted by Crippen LogP contribution is -2.53. The van der Waals surface area contributed by atoms with E-state index in [0.29, 0.717) is 0 Å². The highest BCUT2D eigenvalue weighted by atomic mass is 16.5. The third-order valence-corrected chi connectivity index (χ3v) is 5.35. The van der Waals surface area contributed by atoms with Gasteiger partial charge in [0.15, 0.2) is 0 Å². The van der Waals surface area contributed by atoms with Crippen molar-refractivity contribution in [2.45, 2.75) is 70.4 Å². The molecular weight excluding hydrogens is 248 g/mol. The minimum absolute atomic E-state index is 0.762. The largest absolute Gasteiger partial charge is 0.383 e. The third-order valence-electron chi connectivity index (χ3n) is 5.35. The zero-order valence-electron chi connectivity index (χ0n) is 13.6. The van der Waals surface area contributed by atoms with Gasteiger partial charge < -0.3 is 10.1 Å². The van der Waals surface area contributed by atoms with Gasteiger partial charge in [0.2, 0.25) is 0 Å². The van der Waals surface area contributed by atoms with Gasteiger partial charge in [-0.3, -0.25) is 4.90 Å². The fourth-order valence-electron chi connectivity index (χ4n) is 4.22. The molecule has 2 aliphatic rings. The van der Waals surface area contributed by atoms with E-state index >= 15 is 0 Å². The Morgan fingerprint density at radius 1 is 1.10 bits per heavy atom. The van der Waals surface area contributed by atoms with E-state index in [-0.39, 0.29) is 0 Å². The molecule has 1 N–H and O–H groups in total. The molecule has 0 radical (unpaired) electrons. The molecule has 3 unspecified atom stereocenters. The molecule has 20 heavy (non-hydrogen) atoms. The standard InChI is InChI=1S/C17H34N2O/c1-3-15-8-4-5-10-17(15)19-12-7-6-9-16(19)14-18-11-13-20-2/h15-18H,3-14H2,1-2H3. The minimum atomic E-state index is 0.762. The normalized spacial score (nSPS) is 32.4. The van der Waals surface area contributed by atoms with Crippen molar-refractivity contribution in [1.29, 1.82) is 0 Å². The summed E-state index contributed by atoms with van der Waals surface area (Å²) in [6, 6.07) is 1.63. The Labute approximate surface area is 125 Å². The fourth-order valence-corrected chi connectivity index (χ4v) is 4.22. The Morgan fingerprint density at radius 3 is 2.70 bits per heavy atom. The van der Waals surface area contributed by atoms with Crippen molar-refractivity contribution < 1.29 is 4.74 Å². The molecule has 3 nitrogen and oxygen atoms in total. The Hall–Kier alpha value is -0.120. The van der Waals surface area contributed by atoms with E-state index in [1.807, 2.05) is 0 Å². The average Bonchev–Trinajstić information content (AvgIpc) is 2.52. The summed E-state index contributed by atoms with van der Waals surface area (Å²) in [5, 5.41) is 3.59. The van der Waals surface area contributed by atoms with Crippen LogP contribution in [0.4, 0.5) is 0 Å². The Bertz CT molecular complexity index is 259. The zero-order chi connectivity index (χ0) is 14.2. The van der Waals surface area contributed by atoms with Gasteiger partial charge in [0.1, 0.15) is 0 Å². The van der Waals surface area contributed by atoms with Gasteiger partial charge in [-0.15, -0.1) is 0 Å². The number of nitrogens with zero attached hydrogens (tertiary/aromatic N) is 1. The van der Waals surface area contributed by atoms with Crippen LogP contribution in [0, 0.1) is 5.92 Å². The number of hydrogen-bond donors (Lipinski definition) is 1. The predicted octanol–water partition coefficient (Wildman–Crippen LogP) is 3.05. The summed E-state index contributed by atoms with van der Waals surface area (Å²) >= 11 is 0. The van der Waals surface area contributed by atoms with Crippen molar-refractivity contribution in [3.05, 3.63) is 0 Å². The molecule has 1 saturated carbocycles. The second-order valence-electron chi connectivity index (χ2n) is 6.60. The van der Waals surface area contributed by atoms with Crippen LogP contribution in [0.3, 0.4) is 0 Å². The first-order valence-electron chi connectivity index (χ1n) is 8.82. The van der Waals surface area contributed by atoms with Gasteiger partial charge in [0.05, 0.1) is 6.61 Å². The van der Waals surface area contributed by atoms with Gasteiger partial charge in [-0.2, -0.15) is 0 Å². The van der Waals surface area contributed by atoms with Crippen LogP contribution < -0.4 is 5.32 Å². The molecule has 0 aromatic heterocycles. The predicted molar refractivity (Wildman–Crippen MR) is 85.1 cm³/mol. The SMILES string of the molecule is CCC1CCCCC1N1CCCCC1CNCCOC. The molecule has 1 saturated heterocycles. The molecular formula is C17H34N2O. The molecule has 118 valence electrons. The summed E-state index contributed by atoms with van der Waals surface area (Å²) in [5.41, 5.74) is 0. The molecule has 1 heterocycles. The van der Waals surface area contributed by atoms with E-state index in [1.54, 1.807) is 7.11 Å². The van der Waals surface area contributed by atoms with Crippen molar-refractivity contribution in [3.63, 3.8) is 0 Å². The van der Waals surface area contributed by atoms with Crippen LogP contribution in [0.2, 0.25) is 0 Å². The maximum absolute atomic E-state index is 5.13. The number of piperidine rings is 1. The summed E-state index contributed by atoms with van der Waals surface area (Å²) in [4.78, 5) is 2.87. The van der Waals surface area contributed by atoms with E-state index < -0.39 is 0 Å². The van der Waals surface area contributed by atoms with Crippen molar-refractivity contribution in [2.24, 2.45) is 5.92 Å². The Balaban J connectivity index is 1.87. The molecule has 0 aromatic rings. The molecule has 2 rings (SSSR count). The highest BCUT2D eigenvalue weighted by Gasteiger charge is 2.34.